The number of anilines is 3. The number of hydrogen-bond acceptors (Lipinski definition) is 1. The fourth-order valence-corrected chi connectivity index (χ4v) is 12.4. The molecule has 69 heavy (non-hydrogen) atoms. The van der Waals surface area contributed by atoms with Gasteiger partial charge >= 0.3 is 0 Å². The molecule has 0 radical (unpaired) electrons. The van der Waals surface area contributed by atoms with Gasteiger partial charge in [-0.1, -0.05) is 232 Å². The average Bonchev–Trinajstić information content (AvgIpc) is 3.93. The van der Waals surface area contributed by atoms with Crippen LogP contribution in [0.5, 0.6) is 0 Å². The maximum atomic E-state index is 2.55. The highest BCUT2D eigenvalue weighted by Gasteiger charge is 2.53. The number of benzene rings is 9. The molecule has 3 aliphatic rings. The lowest BCUT2D eigenvalue weighted by Gasteiger charge is -2.36. The smallest absolute Gasteiger partial charge is 0.0726 e. The van der Waals surface area contributed by atoms with Gasteiger partial charge in [-0.25, -0.2) is 0 Å². The van der Waals surface area contributed by atoms with Gasteiger partial charge in [-0.2, -0.15) is 0 Å². The molecule has 338 valence electrons. The maximum Gasteiger partial charge on any atom is 0.0726 e. The van der Waals surface area contributed by atoms with Gasteiger partial charge in [-0.3, -0.25) is 0 Å². The van der Waals surface area contributed by atoms with Crippen molar-refractivity contribution in [3.63, 3.8) is 0 Å². The van der Waals surface area contributed by atoms with E-state index in [1.54, 1.807) is 0 Å². The Morgan fingerprint density at radius 1 is 0.261 bits per heavy atom. The summed E-state index contributed by atoms with van der Waals surface area (Å²) in [6, 6.07) is 79.3. The molecule has 0 saturated carbocycles. The summed E-state index contributed by atoms with van der Waals surface area (Å²) in [5.74, 6) is 0. The average molecular weight is 892 g/mol. The molecule has 9 aromatic carbocycles. The van der Waals surface area contributed by atoms with Crippen molar-refractivity contribution in [1.29, 1.82) is 0 Å². The Kier molecular flexibility index (Phi) is 9.45. The molecule has 1 spiro atoms. The lowest BCUT2D eigenvalue weighted by molar-refractivity contribution is 0.586. The Balaban J connectivity index is 1.13. The zero-order chi connectivity index (χ0) is 47.7. The van der Waals surface area contributed by atoms with E-state index in [1.807, 2.05) is 0 Å². The summed E-state index contributed by atoms with van der Waals surface area (Å²) < 4.78 is 0. The van der Waals surface area contributed by atoms with E-state index in [4.69, 9.17) is 0 Å². The van der Waals surface area contributed by atoms with Crippen LogP contribution in [0.15, 0.2) is 206 Å². The Morgan fingerprint density at radius 2 is 0.609 bits per heavy atom. The normalized spacial score (nSPS) is 17.5. The molecule has 3 aliphatic carbocycles. The zero-order valence-electron chi connectivity index (χ0n) is 41.6. The van der Waals surface area contributed by atoms with Crippen LogP contribution in [0.1, 0.15) is 124 Å². The lowest BCUT2D eigenvalue weighted by Crippen LogP contribution is -2.29. The second kappa shape index (κ2) is 15.1. The van der Waals surface area contributed by atoms with E-state index in [0.29, 0.717) is 0 Å². The van der Waals surface area contributed by atoms with Crippen LogP contribution in [0.3, 0.4) is 0 Å². The van der Waals surface area contributed by atoms with E-state index in [2.05, 4.69) is 273 Å². The molecule has 2 unspecified atom stereocenters. The van der Waals surface area contributed by atoms with Crippen LogP contribution in [-0.2, 0) is 27.1 Å². The third-order valence-electron chi connectivity index (χ3n) is 15.8. The van der Waals surface area contributed by atoms with Gasteiger partial charge in [-0.15, -0.1) is 0 Å². The number of fused-ring (bicyclic) bond motifs is 13. The van der Waals surface area contributed by atoms with Gasteiger partial charge in [0, 0.05) is 17.1 Å². The minimum Gasteiger partial charge on any atom is -0.310 e. The molecule has 0 bridgehead atoms. The minimum absolute atomic E-state index is 0.0225. The van der Waals surface area contributed by atoms with Crippen LogP contribution in [0, 0.1) is 0 Å². The van der Waals surface area contributed by atoms with E-state index < -0.39 is 10.8 Å². The van der Waals surface area contributed by atoms with Crippen LogP contribution >= 0.6 is 0 Å². The van der Waals surface area contributed by atoms with E-state index in [1.165, 1.54) is 94.6 Å². The standard InChI is InChI=1S/C68H61N/c1-64(2,3)44-28-30-46(31-29-44)67(45-20-12-10-13-21-45)58-26-18-16-24-52(58)56-38-34-50(42-62(56)67)69(49-22-14-11-15-23-49)51-35-39-57-55-37-33-48(66(7,8)9)41-61(55)68(63(57)43-51)59-27-19-17-25-53(59)54-36-32-47(40-60(54)68)65(4,5)6/h10-43H,1-9H3. The van der Waals surface area contributed by atoms with Gasteiger partial charge in [0.25, 0.3) is 0 Å². The molecular formula is C68H61N. The summed E-state index contributed by atoms with van der Waals surface area (Å²) in [4.78, 5) is 2.51. The Morgan fingerprint density at radius 3 is 1.09 bits per heavy atom. The van der Waals surface area contributed by atoms with Crippen LogP contribution in [0.2, 0.25) is 0 Å². The molecule has 12 rings (SSSR count). The summed E-state index contributed by atoms with van der Waals surface area (Å²) in [6.07, 6.45) is 0. The third-order valence-corrected chi connectivity index (χ3v) is 15.8. The van der Waals surface area contributed by atoms with Crippen LogP contribution in [0.25, 0.3) is 33.4 Å². The van der Waals surface area contributed by atoms with Gasteiger partial charge in [-0.05, 0) is 147 Å². The second-order valence-corrected chi connectivity index (χ2v) is 22.9. The van der Waals surface area contributed by atoms with E-state index in [0.717, 1.165) is 17.1 Å². The molecular weight excluding hydrogens is 831 g/mol. The van der Waals surface area contributed by atoms with Crippen molar-refractivity contribution in [1.82, 2.24) is 0 Å². The molecule has 0 N–H and O–H groups in total. The number of nitrogens with zero attached hydrogens (tertiary/aromatic N) is 1. The zero-order valence-corrected chi connectivity index (χ0v) is 41.6. The van der Waals surface area contributed by atoms with Crippen molar-refractivity contribution in [3.05, 3.63) is 267 Å². The van der Waals surface area contributed by atoms with Crippen LogP contribution in [0.4, 0.5) is 17.1 Å². The highest BCUT2D eigenvalue weighted by molar-refractivity contribution is 5.97. The number of para-hydroxylation sites is 1. The number of rotatable bonds is 5. The van der Waals surface area contributed by atoms with Crippen LogP contribution < -0.4 is 4.90 Å². The van der Waals surface area contributed by atoms with Gasteiger partial charge in [0.05, 0.1) is 10.8 Å². The molecule has 0 heterocycles. The highest BCUT2D eigenvalue weighted by atomic mass is 15.1. The summed E-state index contributed by atoms with van der Waals surface area (Å²) in [5, 5.41) is 0. The summed E-state index contributed by atoms with van der Waals surface area (Å²) in [5.41, 5.74) is 24.8. The predicted molar refractivity (Wildman–Crippen MR) is 291 cm³/mol. The SMILES string of the molecule is CC(C)(C)c1ccc(C2(c3ccccc3)c3ccccc3-c3ccc(N(c4ccccc4)c4ccc5c(c4)C4(c6ccccc6-c6ccc(C(C)(C)C)cc64)c4cc(C(C)(C)C)ccc4-5)cc32)cc1. The first-order chi connectivity index (χ1) is 33.1. The monoisotopic (exact) mass is 891 g/mol. The summed E-state index contributed by atoms with van der Waals surface area (Å²) in [6.45, 7) is 21.0. The quantitative estimate of drug-likeness (QED) is 0.166. The van der Waals surface area contributed by atoms with Crippen molar-refractivity contribution >= 4 is 17.1 Å². The largest absolute Gasteiger partial charge is 0.310 e. The van der Waals surface area contributed by atoms with Crippen molar-refractivity contribution in [2.24, 2.45) is 0 Å². The molecule has 9 aromatic rings. The molecule has 0 aromatic heterocycles. The molecule has 0 fully saturated rings. The van der Waals surface area contributed by atoms with E-state index in [-0.39, 0.29) is 16.2 Å². The van der Waals surface area contributed by atoms with Crippen LogP contribution in [-0.4, -0.2) is 0 Å². The Bertz CT molecular complexity index is 3450. The fraction of sp³-hybridized carbons (Fsp3) is 0.206. The first-order valence-corrected chi connectivity index (χ1v) is 24.9. The van der Waals surface area contributed by atoms with Crippen molar-refractivity contribution in [2.75, 3.05) is 4.90 Å². The number of hydrogen-bond donors (Lipinski definition) is 0. The molecule has 0 saturated heterocycles. The molecule has 0 amide bonds. The van der Waals surface area contributed by atoms with Crippen molar-refractivity contribution in [3.8, 4) is 33.4 Å². The first kappa shape index (κ1) is 43.1. The molecule has 0 aliphatic heterocycles. The maximum absolute atomic E-state index is 2.55. The molecule has 2 atom stereocenters. The fourth-order valence-electron chi connectivity index (χ4n) is 12.4. The highest BCUT2D eigenvalue weighted by Crippen LogP contribution is 2.65. The van der Waals surface area contributed by atoms with Gasteiger partial charge < -0.3 is 4.90 Å². The Hall–Kier alpha value is -7.22. The van der Waals surface area contributed by atoms with E-state index in [9.17, 15) is 0 Å². The minimum atomic E-state index is -0.543. The predicted octanol–water partition coefficient (Wildman–Crippen LogP) is 17.8. The molecule has 1 heteroatoms. The Labute approximate surface area is 410 Å². The van der Waals surface area contributed by atoms with Crippen molar-refractivity contribution in [2.45, 2.75) is 89.4 Å². The van der Waals surface area contributed by atoms with Crippen molar-refractivity contribution < 1.29 is 0 Å². The van der Waals surface area contributed by atoms with Gasteiger partial charge in [0.2, 0.25) is 0 Å². The topological polar surface area (TPSA) is 3.24 Å². The van der Waals surface area contributed by atoms with Gasteiger partial charge in [0.15, 0.2) is 0 Å². The lowest BCUT2D eigenvalue weighted by atomic mass is 9.67. The molecule has 1 nitrogen and oxygen atoms in total. The third kappa shape index (κ3) is 6.29. The summed E-state index contributed by atoms with van der Waals surface area (Å²) >= 11 is 0. The van der Waals surface area contributed by atoms with E-state index >= 15 is 0 Å². The second-order valence-electron chi connectivity index (χ2n) is 22.9. The summed E-state index contributed by atoms with van der Waals surface area (Å²) in [7, 11) is 0. The van der Waals surface area contributed by atoms with Gasteiger partial charge in [0.1, 0.15) is 0 Å². The first-order valence-electron chi connectivity index (χ1n) is 24.9.